The standard InChI is InChI=1S/C17H19ClN4OS.C17H19N3O.C14H18N6O.C14H22N4O.C13H20N4O2.C13H19N3O.C12H17N3O/c18-12-2-4-14(5-3-12)24-9-13(8-23)20-7-11-1-6-15-16(11)21-10-22-17(15)19;18-17-15-9-8-13(16(15)19-11-20-17)6-7-14(10-21)12-4-2-1-3-5-12;15-14-12-2-1-9(13(12)19-8-20-14)4-17-11(6-21)3-10-5-16-7-18-10;1-2-3-4-11(8-19)16-7-10-5-6-12-13(10)17-9-18-14(12)15;1-2-11(19)10(6-18)15-5-8-3-4-9-12(8)16-7-17-13(9)14;1-2-9(7-17)3-4-10-5-6-11-12(10)15-8-16-13(11)14;1-8(6-16)2-3-9-4-5-10-11(9)14-7-15-12(10)13/h1-5,10,13,20,23H,6-9H2,(H2,19,21,22);1-5,8,11,14,21H,6-7,9-10H2,(H2,18,19,20);1,5,7-8,11,17,21H,2-4,6H2,(H,16,18)(H2,15,19,20);5,9,11,16,19H,2-4,6-8H2,1H3,(H2,15,17,18);3,7,10-11,15,18-19H,2,4-6H2,1H3,(H2,14,16,17);5,8-9,17H,2-4,6-7H2,1H3,(H2,14,15,16);4,7-8,16H,2-3,5-6H2,1H3,(H2,13,14,15)/t13-;14-;2*11-;10-,11-;9-;8-/m1101111/s1. The van der Waals surface area contributed by atoms with Crippen LogP contribution in [0.4, 0.5) is 40.7 Å². The third-order valence-electron chi connectivity index (χ3n) is 25.2. The Morgan fingerprint density at radius 3 is 1.12 bits per heavy atom. The van der Waals surface area contributed by atoms with Crippen molar-refractivity contribution in [1.29, 1.82) is 0 Å². The number of anilines is 7. The minimum absolute atomic E-state index is 0.00480. The molecule has 8 aromatic heterocycles. The fourth-order valence-electron chi connectivity index (χ4n) is 16.6. The number of thioether (sulfide) groups is 1. The molecular weight excluding hydrogens is 1770 g/mol. The van der Waals surface area contributed by atoms with E-state index >= 15 is 0 Å². The molecule has 37 heteroatoms. The van der Waals surface area contributed by atoms with Crippen LogP contribution in [0.2, 0.25) is 5.02 Å². The Kier molecular flexibility index (Phi) is 42.3. The number of nitrogens with one attached hydrogen (secondary N) is 5. The maximum Gasteiger partial charge on any atom is 0.130 e. The molecule has 0 saturated heterocycles. The topological polar surface area (TPSA) is 601 Å². The number of halogens is 1. The van der Waals surface area contributed by atoms with Crippen molar-refractivity contribution in [3.8, 4) is 0 Å². The first-order valence-electron chi connectivity index (χ1n) is 46.9. The quantitative estimate of drug-likeness (QED) is 0.0159. The number of aliphatic hydroxyl groups excluding tert-OH is 8. The molecule has 8 heterocycles. The first-order valence-corrected chi connectivity index (χ1v) is 48.3. The predicted molar refractivity (Wildman–Crippen MR) is 544 cm³/mol. The van der Waals surface area contributed by atoms with Gasteiger partial charge in [-0.3, -0.25) is 0 Å². The second kappa shape index (κ2) is 54.9. The Bertz CT molecular complexity index is 5730. The van der Waals surface area contributed by atoms with E-state index in [4.69, 9.17) is 56.8 Å². The molecule has 7 aliphatic rings. The molecule has 0 aliphatic heterocycles. The zero-order valence-corrected chi connectivity index (χ0v) is 80.2. The van der Waals surface area contributed by atoms with E-state index in [-0.39, 0.29) is 76.3 Å². The molecule has 0 amide bonds. The van der Waals surface area contributed by atoms with Crippen LogP contribution in [0.1, 0.15) is 194 Å². The summed E-state index contributed by atoms with van der Waals surface area (Å²) in [4.78, 5) is 66.3. The second-order valence-electron chi connectivity index (χ2n) is 34.4. The Balaban J connectivity index is 0.000000154. The van der Waals surface area contributed by atoms with Gasteiger partial charge in [-0.05, 0) is 177 Å². The number of aromatic amines is 1. The second-order valence-corrected chi connectivity index (χ2v) is 35.9. The summed E-state index contributed by atoms with van der Waals surface area (Å²) in [5.41, 5.74) is 64.9. The van der Waals surface area contributed by atoms with Crippen LogP contribution in [0.5, 0.6) is 0 Å². The summed E-state index contributed by atoms with van der Waals surface area (Å²) in [6, 6.07) is 17.6. The maximum atomic E-state index is 9.74. The Morgan fingerprint density at radius 1 is 0.394 bits per heavy atom. The van der Waals surface area contributed by atoms with E-state index in [0.29, 0.717) is 85.0 Å². The number of unbranched alkanes of at least 4 members (excludes halogenated alkanes) is 1. The summed E-state index contributed by atoms with van der Waals surface area (Å²) in [7, 11) is 0. The van der Waals surface area contributed by atoms with E-state index < -0.39 is 6.10 Å². The lowest BCUT2D eigenvalue weighted by atomic mass is 9.92. The lowest BCUT2D eigenvalue weighted by molar-refractivity contribution is 0.0893. The van der Waals surface area contributed by atoms with Crippen molar-refractivity contribution in [2.45, 2.75) is 191 Å². The first-order chi connectivity index (χ1) is 66.6. The van der Waals surface area contributed by atoms with Crippen LogP contribution in [0, 0.1) is 11.8 Å². The molecule has 137 heavy (non-hydrogen) atoms. The molecule has 0 fully saturated rings. The first kappa shape index (κ1) is 106. The smallest absolute Gasteiger partial charge is 0.130 e. The van der Waals surface area contributed by atoms with Gasteiger partial charge in [-0.2, -0.15) is 0 Å². The lowest BCUT2D eigenvalue weighted by Crippen LogP contribution is -2.43. The molecule has 730 valence electrons. The Labute approximate surface area is 810 Å². The molecule has 27 N–H and O–H groups in total. The summed E-state index contributed by atoms with van der Waals surface area (Å²) in [6.07, 6.45) is 45.1. The third-order valence-corrected chi connectivity index (χ3v) is 26.6. The van der Waals surface area contributed by atoms with Crippen LogP contribution < -0.4 is 61.4 Å². The van der Waals surface area contributed by atoms with Crippen molar-refractivity contribution in [2.75, 3.05) is 118 Å². The molecule has 0 spiro atoms. The molecule has 2 aromatic carbocycles. The molecular formula is C100H134ClN27O8S. The van der Waals surface area contributed by atoms with Crippen molar-refractivity contribution >= 4 is 103 Å². The zero-order chi connectivity index (χ0) is 97.5. The number of fused-ring (bicyclic) bond motifs is 7. The molecule has 0 radical (unpaired) electrons. The van der Waals surface area contributed by atoms with Crippen LogP contribution in [-0.4, -0.2) is 229 Å². The number of allylic oxidation sites excluding steroid dienone is 10. The fraction of sp³-hybridized carbons (Fsp3) is 0.430. The normalized spacial score (nSPS) is 15.2. The summed E-state index contributed by atoms with van der Waals surface area (Å²) < 4.78 is 0. The minimum atomic E-state index is -0.554. The van der Waals surface area contributed by atoms with Crippen LogP contribution in [0.15, 0.2) is 159 Å². The number of hydrogen-bond donors (Lipinski definition) is 20. The van der Waals surface area contributed by atoms with E-state index in [0.717, 1.165) is 238 Å². The van der Waals surface area contributed by atoms with E-state index in [1.807, 2.05) is 56.3 Å². The van der Waals surface area contributed by atoms with Crippen molar-refractivity contribution in [2.24, 2.45) is 11.8 Å². The molecule has 10 aromatic rings. The van der Waals surface area contributed by atoms with Crippen molar-refractivity contribution in [3.05, 3.63) is 249 Å². The van der Waals surface area contributed by atoms with Gasteiger partial charge in [0.15, 0.2) is 0 Å². The zero-order valence-electron chi connectivity index (χ0n) is 78.6. The van der Waals surface area contributed by atoms with E-state index in [2.05, 4.69) is 170 Å². The number of rotatable bonds is 40. The van der Waals surface area contributed by atoms with Gasteiger partial charge in [0.05, 0.1) is 84.8 Å². The summed E-state index contributed by atoms with van der Waals surface area (Å²) in [5.74, 6) is 5.59. The number of aromatic nitrogens is 16. The molecule has 0 saturated carbocycles. The number of nitrogens with zero attached hydrogens (tertiary/aromatic N) is 15. The summed E-state index contributed by atoms with van der Waals surface area (Å²) >= 11 is 7.58. The molecule has 35 nitrogen and oxygen atoms in total. The number of nitrogen functional groups attached to an aromatic ring is 7. The molecule has 7 aliphatic carbocycles. The minimum Gasteiger partial charge on any atom is -0.396 e. The van der Waals surface area contributed by atoms with Crippen molar-refractivity contribution < 1.29 is 40.9 Å². The van der Waals surface area contributed by atoms with Crippen molar-refractivity contribution in [3.63, 3.8) is 0 Å². The SMILES string of the molecule is CCCC[C@H](CO)NCC1=CCc2c(N)ncnc21.CC[C@@H](CO)CCC1=CCc2c(N)ncnc21.CC[C@@H](O)[C@@H](CO)NCC1=CCc2c(N)ncnc21.C[C@@H](CO)CCC1=CCc2c(N)ncnc21.Nc1ncnc2c1CC=C2CC[C@H](CO)c1ccccc1.Nc1ncnc2c1CC=C2CN[C@H](CO)CSc1ccc(Cl)cc1.Nc1ncnc2c1CC=C2CN[C@H](CO)Cc1cnc[nH]1. The number of nitrogens with two attached hydrogens (primary N) is 7. The van der Waals surface area contributed by atoms with Gasteiger partial charge in [0, 0.05) is 143 Å². The Hall–Kier alpha value is -11.9. The molecule has 0 bridgehead atoms. The average Bonchev–Trinajstić information content (AvgIpc) is 1.71. The highest BCUT2D eigenvalue weighted by Gasteiger charge is 2.28. The van der Waals surface area contributed by atoms with Crippen LogP contribution in [-0.2, 0) is 51.4 Å². The lowest BCUT2D eigenvalue weighted by Gasteiger charge is -2.21. The number of aliphatic hydroxyl groups is 8. The molecule has 8 atom stereocenters. The number of hydrogen-bond acceptors (Lipinski definition) is 35. The van der Waals surface area contributed by atoms with E-state index in [1.54, 1.807) is 24.3 Å². The van der Waals surface area contributed by atoms with Gasteiger partial charge < -0.3 is 107 Å². The third kappa shape index (κ3) is 30.1. The molecule has 17 rings (SSSR count). The number of benzene rings is 2. The van der Waals surface area contributed by atoms with E-state index in [1.165, 1.54) is 66.6 Å². The van der Waals surface area contributed by atoms with Gasteiger partial charge in [0.1, 0.15) is 85.0 Å². The predicted octanol–water partition coefficient (Wildman–Crippen LogP) is 8.93. The monoisotopic (exact) mass is 1910 g/mol. The van der Waals surface area contributed by atoms with Gasteiger partial charge >= 0.3 is 0 Å². The van der Waals surface area contributed by atoms with Gasteiger partial charge in [-0.25, -0.2) is 74.8 Å². The number of imidazole rings is 1. The highest BCUT2D eigenvalue weighted by atomic mass is 35.5. The highest BCUT2D eigenvalue weighted by molar-refractivity contribution is 7.99. The van der Waals surface area contributed by atoms with Gasteiger partial charge in [0.25, 0.3) is 0 Å². The van der Waals surface area contributed by atoms with Crippen LogP contribution in [0.3, 0.4) is 0 Å². The summed E-state index contributed by atoms with van der Waals surface area (Å²) in [5, 5.41) is 89.2. The van der Waals surface area contributed by atoms with Gasteiger partial charge in [-0.15, -0.1) is 11.8 Å². The van der Waals surface area contributed by atoms with E-state index in [9.17, 15) is 35.7 Å². The fourth-order valence-corrected chi connectivity index (χ4v) is 17.7. The van der Waals surface area contributed by atoms with Gasteiger partial charge in [0.2, 0.25) is 0 Å². The average molecular weight is 1910 g/mol. The van der Waals surface area contributed by atoms with Crippen LogP contribution >= 0.6 is 23.4 Å². The largest absolute Gasteiger partial charge is 0.396 e. The highest BCUT2D eigenvalue weighted by Crippen LogP contribution is 2.38. The molecule has 0 unspecified atom stereocenters. The van der Waals surface area contributed by atoms with Gasteiger partial charge in [-0.1, -0.05) is 131 Å². The maximum absolute atomic E-state index is 9.74. The summed E-state index contributed by atoms with van der Waals surface area (Å²) in [6.45, 7) is 11.6. The number of H-pyrrole nitrogens is 1. The Morgan fingerprint density at radius 2 is 0.766 bits per heavy atom. The van der Waals surface area contributed by atoms with Crippen molar-refractivity contribution in [1.82, 2.24) is 101 Å². The van der Waals surface area contributed by atoms with Crippen LogP contribution in [0.25, 0.3) is 39.0 Å².